The van der Waals surface area contributed by atoms with Gasteiger partial charge in [-0.15, -0.1) is 5.10 Å². The van der Waals surface area contributed by atoms with E-state index < -0.39 is 5.56 Å². The predicted molar refractivity (Wildman–Crippen MR) is 111 cm³/mol. The minimum atomic E-state index is -0.533. The molecule has 0 saturated carbocycles. The summed E-state index contributed by atoms with van der Waals surface area (Å²) in [6.07, 6.45) is 2.87. The Morgan fingerprint density at radius 1 is 1.07 bits per heavy atom. The Balaban J connectivity index is 1.86. The molecule has 0 aliphatic rings. The number of aromatic amines is 1. The largest absolute Gasteiger partial charge is 0.335 e. The molecule has 0 fully saturated rings. The number of nitriles is 2. The van der Waals surface area contributed by atoms with Crippen LogP contribution in [0.4, 0.5) is 23.1 Å². The fourth-order valence-corrected chi connectivity index (χ4v) is 2.90. The topological polar surface area (TPSA) is 130 Å². The van der Waals surface area contributed by atoms with Crippen LogP contribution >= 0.6 is 23.2 Å². The number of anilines is 4. The first-order chi connectivity index (χ1) is 14.0. The highest BCUT2D eigenvalue weighted by Gasteiger charge is 2.12. The summed E-state index contributed by atoms with van der Waals surface area (Å²) in [7, 11) is 0. The predicted octanol–water partition coefficient (Wildman–Crippen LogP) is 4.37. The van der Waals surface area contributed by atoms with Crippen molar-refractivity contribution in [3.05, 3.63) is 74.0 Å². The first-order valence-electron chi connectivity index (χ1n) is 8.06. The van der Waals surface area contributed by atoms with Crippen LogP contribution in [-0.4, -0.2) is 15.2 Å². The zero-order valence-electron chi connectivity index (χ0n) is 14.6. The second-order valence-corrected chi connectivity index (χ2v) is 6.41. The molecule has 1 heterocycles. The van der Waals surface area contributed by atoms with Gasteiger partial charge in [0, 0.05) is 11.8 Å². The number of halogens is 2. The van der Waals surface area contributed by atoms with Crippen LogP contribution in [0.25, 0.3) is 6.08 Å². The first-order valence-corrected chi connectivity index (χ1v) is 8.82. The quantitative estimate of drug-likeness (QED) is 0.519. The molecule has 2 aromatic carbocycles. The fourth-order valence-electron chi connectivity index (χ4n) is 2.30. The summed E-state index contributed by atoms with van der Waals surface area (Å²) in [6, 6.07) is 13.7. The number of H-pyrrole nitrogens is 1. The van der Waals surface area contributed by atoms with Crippen molar-refractivity contribution in [2.75, 3.05) is 10.6 Å². The zero-order valence-corrected chi connectivity index (χ0v) is 16.1. The van der Waals surface area contributed by atoms with Gasteiger partial charge in [-0.2, -0.15) is 15.5 Å². The zero-order chi connectivity index (χ0) is 20.8. The third-order valence-corrected chi connectivity index (χ3v) is 4.22. The van der Waals surface area contributed by atoms with Crippen LogP contribution in [0, 0.1) is 22.7 Å². The standard InChI is InChI=1S/C19H11Cl2N7O/c20-14-8-12(2-1-7-22)9-15(21)16(14)25-19-26-17(18(29)27-28-19)24-13-5-3-11(10-23)4-6-13/h1-6,8-9H,(H,27,29)(H2,24,25,26,28)/b2-1+. The smallest absolute Gasteiger partial charge is 0.307 e. The number of benzene rings is 2. The molecule has 8 nitrogen and oxygen atoms in total. The van der Waals surface area contributed by atoms with Crippen LogP contribution in [0.15, 0.2) is 47.3 Å². The number of allylic oxidation sites excluding steroid dienone is 1. The molecular weight excluding hydrogens is 413 g/mol. The Morgan fingerprint density at radius 2 is 1.76 bits per heavy atom. The third kappa shape index (κ3) is 4.90. The van der Waals surface area contributed by atoms with Gasteiger partial charge >= 0.3 is 5.56 Å². The van der Waals surface area contributed by atoms with Crippen LogP contribution in [0.1, 0.15) is 11.1 Å². The molecular formula is C19H11Cl2N7O. The summed E-state index contributed by atoms with van der Waals surface area (Å²) >= 11 is 12.5. The summed E-state index contributed by atoms with van der Waals surface area (Å²) in [5, 5.41) is 29.9. The van der Waals surface area contributed by atoms with Gasteiger partial charge in [-0.05, 0) is 48.0 Å². The molecule has 0 radical (unpaired) electrons. The van der Waals surface area contributed by atoms with Crippen molar-refractivity contribution in [2.45, 2.75) is 0 Å². The van der Waals surface area contributed by atoms with E-state index in [1.165, 1.54) is 6.08 Å². The Morgan fingerprint density at radius 3 is 2.38 bits per heavy atom. The molecule has 1 aromatic heterocycles. The molecule has 3 N–H and O–H groups in total. The highest BCUT2D eigenvalue weighted by Crippen LogP contribution is 2.33. The average molecular weight is 424 g/mol. The fraction of sp³-hybridized carbons (Fsp3) is 0. The van der Waals surface area contributed by atoms with E-state index in [4.69, 9.17) is 33.7 Å². The van der Waals surface area contributed by atoms with Crippen LogP contribution in [0.5, 0.6) is 0 Å². The van der Waals surface area contributed by atoms with Crippen molar-refractivity contribution in [1.82, 2.24) is 15.2 Å². The molecule has 29 heavy (non-hydrogen) atoms. The molecule has 0 atom stereocenters. The van der Waals surface area contributed by atoms with E-state index in [1.807, 2.05) is 12.1 Å². The molecule has 0 saturated heterocycles. The molecule has 0 aliphatic heterocycles. The maximum Gasteiger partial charge on any atom is 0.307 e. The van der Waals surface area contributed by atoms with Crippen LogP contribution in [0.3, 0.4) is 0 Å². The lowest BCUT2D eigenvalue weighted by Crippen LogP contribution is -2.17. The second kappa shape index (κ2) is 8.89. The summed E-state index contributed by atoms with van der Waals surface area (Å²) in [4.78, 5) is 16.2. The van der Waals surface area contributed by atoms with Crippen LogP contribution in [-0.2, 0) is 0 Å². The van der Waals surface area contributed by atoms with Crippen molar-refractivity contribution in [2.24, 2.45) is 0 Å². The van der Waals surface area contributed by atoms with Gasteiger partial charge in [0.05, 0.1) is 33.4 Å². The highest BCUT2D eigenvalue weighted by atomic mass is 35.5. The third-order valence-electron chi connectivity index (χ3n) is 3.62. The Hall–Kier alpha value is -3.85. The van der Waals surface area contributed by atoms with Gasteiger partial charge in [0.15, 0.2) is 0 Å². The maximum absolute atomic E-state index is 12.0. The van der Waals surface area contributed by atoms with E-state index in [2.05, 4.69) is 25.8 Å². The highest BCUT2D eigenvalue weighted by molar-refractivity contribution is 6.39. The molecule has 0 aliphatic carbocycles. The van der Waals surface area contributed by atoms with E-state index in [9.17, 15) is 4.79 Å². The molecule has 3 aromatic rings. The number of hydrogen-bond acceptors (Lipinski definition) is 7. The van der Waals surface area contributed by atoms with E-state index in [-0.39, 0.29) is 21.8 Å². The molecule has 0 amide bonds. The first kappa shape index (κ1) is 19.9. The SMILES string of the molecule is N#C/C=C/c1cc(Cl)c(Nc2n[nH]c(=O)c(Nc3ccc(C#N)cc3)n2)c(Cl)c1. The number of hydrogen-bond donors (Lipinski definition) is 3. The Kier molecular flexibility index (Phi) is 6.10. The van der Waals surface area contributed by atoms with Crippen molar-refractivity contribution in [3.8, 4) is 12.1 Å². The monoisotopic (exact) mass is 423 g/mol. The van der Waals surface area contributed by atoms with Crippen molar-refractivity contribution in [1.29, 1.82) is 10.5 Å². The maximum atomic E-state index is 12.0. The van der Waals surface area contributed by atoms with Gasteiger partial charge in [-0.3, -0.25) is 4.79 Å². The summed E-state index contributed by atoms with van der Waals surface area (Å²) < 4.78 is 0. The number of nitrogens with one attached hydrogen (secondary N) is 3. The average Bonchev–Trinajstić information content (AvgIpc) is 2.72. The van der Waals surface area contributed by atoms with Gasteiger partial charge in [-0.1, -0.05) is 23.2 Å². The molecule has 0 bridgehead atoms. The molecule has 0 spiro atoms. The lowest BCUT2D eigenvalue weighted by molar-refractivity contribution is 0.945. The van der Waals surface area contributed by atoms with Crippen molar-refractivity contribution >= 4 is 52.4 Å². The summed E-state index contributed by atoms with van der Waals surface area (Å²) in [6.45, 7) is 0. The van der Waals surface area contributed by atoms with E-state index >= 15 is 0 Å². The van der Waals surface area contributed by atoms with Gasteiger partial charge < -0.3 is 10.6 Å². The van der Waals surface area contributed by atoms with Crippen LogP contribution < -0.4 is 16.2 Å². The van der Waals surface area contributed by atoms with Gasteiger partial charge in [0.25, 0.3) is 0 Å². The molecule has 142 valence electrons. The van der Waals surface area contributed by atoms with E-state index in [0.29, 0.717) is 22.5 Å². The van der Waals surface area contributed by atoms with Gasteiger partial charge in [0.1, 0.15) is 0 Å². The minimum Gasteiger partial charge on any atom is -0.335 e. The molecule has 3 rings (SSSR count). The van der Waals surface area contributed by atoms with Crippen molar-refractivity contribution in [3.63, 3.8) is 0 Å². The normalized spacial score (nSPS) is 10.3. The number of aromatic nitrogens is 3. The molecule has 10 heteroatoms. The number of nitrogens with zero attached hydrogens (tertiary/aromatic N) is 4. The lowest BCUT2D eigenvalue weighted by atomic mass is 10.2. The Labute approximate surface area is 175 Å². The molecule has 0 unspecified atom stereocenters. The van der Waals surface area contributed by atoms with Gasteiger partial charge in [0.2, 0.25) is 11.8 Å². The summed E-state index contributed by atoms with van der Waals surface area (Å²) in [5.74, 6) is 0.0536. The van der Waals surface area contributed by atoms with Crippen molar-refractivity contribution < 1.29 is 0 Å². The van der Waals surface area contributed by atoms with E-state index in [0.717, 1.165) is 0 Å². The Bertz CT molecular complexity index is 1200. The van der Waals surface area contributed by atoms with Crippen LogP contribution in [0.2, 0.25) is 10.0 Å². The minimum absolute atomic E-state index is 0.00646. The van der Waals surface area contributed by atoms with E-state index in [1.54, 1.807) is 42.5 Å². The van der Waals surface area contributed by atoms with Gasteiger partial charge in [-0.25, -0.2) is 5.10 Å². The number of rotatable bonds is 5. The second-order valence-electron chi connectivity index (χ2n) is 5.60. The summed E-state index contributed by atoms with van der Waals surface area (Å²) in [5.41, 5.74) is 1.53. The lowest BCUT2D eigenvalue weighted by Gasteiger charge is -2.11.